The maximum absolute atomic E-state index is 2.43. The molecule has 6 aromatic rings. The minimum Gasteiger partial charge on any atom is -0.310 e. The molecule has 1 aliphatic heterocycles. The highest BCUT2D eigenvalue weighted by molar-refractivity contribution is 5.97. The predicted molar refractivity (Wildman–Crippen MR) is 157 cm³/mol. The van der Waals surface area contributed by atoms with E-state index in [1.165, 1.54) is 61.6 Å². The summed E-state index contributed by atoms with van der Waals surface area (Å²) in [6.45, 7) is 0. The summed E-state index contributed by atoms with van der Waals surface area (Å²) >= 11 is 0. The zero-order valence-electron chi connectivity index (χ0n) is 20.9. The van der Waals surface area contributed by atoms with Crippen LogP contribution in [0.3, 0.4) is 0 Å². The monoisotopic (exact) mass is 483 g/mol. The van der Waals surface area contributed by atoms with E-state index in [1.54, 1.807) is 0 Å². The van der Waals surface area contributed by atoms with Gasteiger partial charge in [0.1, 0.15) is 0 Å². The molecule has 0 atom stereocenters. The molecule has 0 bridgehead atoms. The second-order valence-corrected chi connectivity index (χ2v) is 10.1. The molecule has 38 heavy (non-hydrogen) atoms. The summed E-state index contributed by atoms with van der Waals surface area (Å²) in [5, 5.41) is 0. The van der Waals surface area contributed by atoms with Crippen molar-refractivity contribution in [2.45, 2.75) is 5.41 Å². The number of fused-ring (bicyclic) bond motifs is 11. The van der Waals surface area contributed by atoms with E-state index in [0.717, 1.165) is 0 Å². The summed E-state index contributed by atoms with van der Waals surface area (Å²) in [6.07, 6.45) is 0. The molecular weight excluding hydrogens is 458 g/mol. The molecule has 0 radical (unpaired) electrons. The quantitative estimate of drug-likeness (QED) is 0.225. The van der Waals surface area contributed by atoms with Crippen LogP contribution in [0.25, 0.3) is 22.3 Å². The first kappa shape index (κ1) is 21.2. The van der Waals surface area contributed by atoms with Gasteiger partial charge in [-0.15, -0.1) is 0 Å². The van der Waals surface area contributed by atoms with Crippen LogP contribution in [0, 0.1) is 0 Å². The Bertz CT molecular complexity index is 1720. The third-order valence-electron chi connectivity index (χ3n) is 8.28. The Morgan fingerprint density at radius 3 is 1.18 bits per heavy atom. The minimum absolute atomic E-state index is 0.481. The number of hydrogen-bond donors (Lipinski definition) is 0. The Hall–Kier alpha value is -4.88. The molecule has 178 valence electrons. The number of benzene rings is 6. The van der Waals surface area contributed by atoms with Gasteiger partial charge in [-0.3, -0.25) is 0 Å². The topological polar surface area (TPSA) is 3.24 Å². The standard InChI is InChI=1S/C37H25N/c1-2-14-26(15-3-1)38-35-24-12-10-22-33(35)37(34-23-11-13-25-36(34)38)31-20-8-6-18-29(31)27-16-4-5-17-28(27)30-19-7-9-21-32(30)37/h1-25H. The molecule has 1 heterocycles. The van der Waals surface area contributed by atoms with Crippen molar-refractivity contribution in [1.82, 2.24) is 0 Å². The molecule has 0 saturated carbocycles. The number of anilines is 3. The van der Waals surface area contributed by atoms with Crippen molar-refractivity contribution < 1.29 is 0 Å². The molecule has 1 spiro atoms. The fourth-order valence-corrected chi connectivity index (χ4v) is 6.87. The van der Waals surface area contributed by atoms with Gasteiger partial charge in [0, 0.05) is 5.69 Å². The maximum atomic E-state index is 2.43. The number of nitrogens with zero attached hydrogens (tertiary/aromatic N) is 1. The molecule has 0 saturated heterocycles. The molecule has 0 aromatic heterocycles. The van der Waals surface area contributed by atoms with Crippen LogP contribution >= 0.6 is 0 Å². The van der Waals surface area contributed by atoms with Crippen LogP contribution in [-0.2, 0) is 5.41 Å². The lowest BCUT2D eigenvalue weighted by Gasteiger charge is -2.47. The van der Waals surface area contributed by atoms with Gasteiger partial charge in [-0.1, -0.05) is 127 Å². The SMILES string of the molecule is c1ccc(N2c3ccccc3C3(c4ccccc4-c4ccccc4-c4ccccc43)c3ccccc32)cc1. The van der Waals surface area contributed by atoms with E-state index in [0.29, 0.717) is 0 Å². The van der Waals surface area contributed by atoms with E-state index in [4.69, 9.17) is 0 Å². The van der Waals surface area contributed by atoms with Crippen LogP contribution in [0.15, 0.2) is 152 Å². The van der Waals surface area contributed by atoms with Crippen molar-refractivity contribution in [3.63, 3.8) is 0 Å². The highest BCUT2D eigenvalue weighted by atomic mass is 15.2. The lowest BCUT2D eigenvalue weighted by molar-refractivity contribution is 0.737. The van der Waals surface area contributed by atoms with Crippen LogP contribution in [0.2, 0.25) is 0 Å². The van der Waals surface area contributed by atoms with Gasteiger partial charge in [-0.2, -0.15) is 0 Å². The molecule has 0 amide bonds. The van der Waals surface area contributed by atoms with Gasteiger partial charge in [0.25, 0.3) is 0 Å². The van der Waals surface area contributed by atoms with Crippen LogP contribution < -0.4 is 4.90 Å². The van der Waals surface area contributed by atoms with Crippen LogP contribution in [-0.4, -0.2) is 0 Å². The summed E-state index contributed by atoms with van der Waals surface area (Å²) < 4.78 is 0. The summed E-state index contributed by atoms with van der Waals surface area (Å²) in [5.41, 5.74) is 13.5. The highest BCUT2D eigenvalue weighted by Crippen LogP contribution is 2.61. The normalized spacial score (nSPS) is 13.9. The van der Waals surface area contributed by atoms with Crippen molar-refractivity contribution in [2.24, 2.45) is 0 Å². The van der Waals surface area contributed by atoms with Gasteiger partial charge in [-0.05, 0) is 68.8 Å². The fourth-order valence-electron chi connectivity index (χ4n) is 6.87. The Labute approximate surface area is 223 Å². The van der Waals surface area contributed by atoms with E-state index in [2.05, 4.69) is 157 Å². The smallest absolute Gasteiger partial charge is 0.0754 e. The molecule has 0 N–H and O–H groups in total. The average molecular weight is 484 g/mol. The van der Waals surface area contributed by atoms with Crippen LogP contribution in [0.4, 0.5) is 17.1 Å². The minimum atomic E-state index is -0.481. The molecule has 1 aliphatic carbocycles. The Balaban J connectivity index is 1.60. The first-order chi connectivity index (χ1) is 18.9. The molecule has 0 unspecified atom stereocenters. The lowest BCUT2D eigenvalue weighted by Crippen LogP contribution is -2.38. The van der Waals surface area contributed by atoms with E-state index < -0.39 is 5.41 Å². The first-order valence-corrected chi connectivity index (χ1v) is 13.2. The van der Waals surface area contributed by atoms with Crippen molar-refractivity contribution >= 4 is 17.1 Å². The summed E-state index contributed by atoms with van der Waals surface area (Å²) in [4.78, 5) is 2.43. The van der Waals surface area contributed by atoms with Crippen molar-refractivity contribution in [3.8, 4) is 22.3 Å². The number of hydrogen-bond acceptors (Lipinski definition) is 1. The molecule has 6 aromatic carbocycles. The molecule has 1 nitrogen and oxygen atoms in total. The molecule has 1 heteroatoms. The second-order valence-electron chi connectivity index (χ2n) is 10.1. The van der Waals surface area contributed by atoms with Crippen molar-refractivity contribution in [2.75, 3.05) is 4.90 Å². The highest BCUT2D eigenvalue weighted by Gasteiger charge is 2.49. The van der Waals surface area contributed by atoms with E-state index in [9.17, 15) is 0 Å². The zero-order valence-corrected chi connectivity index (χ0v) is 20.9. The summed E-state index contributed by atoms with van der Waals surface area (Å²) in [7, 11) is 0. The average Bonchev–Trinajstić information content (AvgIpc) is 3.10. The van der Waals surface area contributed by atoms with Gasteiger partial charge >= 0.3 is 0 Å². The second kappa shape index (κ2) is 8.06. The Morgan fingerprint density at radius 1 is 0.316 bits per heavy atom. The third kappa shape index (κ3) is 2.71. The van der Waals surface area contributed by atoms with Gasteiger partial charge in [0.05, 0.1) is 16.8 Å². The first-order valence-electron chi connectivity index (χ1n) is 13.2. The van der Waals surface area contributed by atoms with Crippen molar-refractivity contribution in [3.05, 3.63) is 174 Å². The van der Waals surface area contributed by atoms with E-state index >= 15 is 0 Å². The number of rotatable bonds is 1. The molecule has 8 rings (SSSR count). The zero-order chi connectivity index (χ0) is 25.1. The largest absolute Gasteiger partial charge is 0.310 e. The van der Waals surface area contributed by atoms with E-state index in [1.807, 2.05) is 0 Å². The Kier molecular flexibility index (Phi) is 4.50. The molecule has 0 fully saturated rings. The van der Waals surface area contributed by atoms with E-state index in [-0.39, 0.29) is 0 Å². The van der Waals surface area contributed by atoms with Gasteiger partial charge in [0.2, 0.25) is 0 Å². The molecular formula is C37H25N. The fraction of sp³-hybridized carbons (Fsp3) is 0.0270. The Morgan fingerprint density at radius 2 is 0.684 bits per heavy atom. The van der Waals surface area contributed by atoms with Crippen LogP contribution in [0.5, 0.6) is 0 Å². The molecule has 2 aliphatic rings. The van der Waals surface area contributed by atoms with Crippen molar-refractivity contribution in [1.29, 1.82) is 0 Å². The van der Waals surface area contributed by atoms with Gasteiger partial charge in [-0.25, -0.2) is 0 Å². The predicted octanol–water partition coefficient (Wildman–Crippen LogP) is 9.50. The third-order valence-corrected chi connectivity index (χ3v) is 8.28. The lowest BCUT2D eigenvalue weighted by atomic mass is 9.61. The van der Waals surface area contributed by atoms with Crippen LogP contribution in [0.1, 0.15) is 22.3 Å². The number of para-hydroxylation sites is 3. The summed E-state index contributed by atoms with van der Waals surface area (Å²) in [6, 6.07) is 55.6. The van der Waals surface area contributed by atoms with Gasteiger partial charge < -0.3 is 4.90 Å². The van der Waals surface area contributed by atoms with Gasteiger partial charge in [0.15, 0.2) is 0 Å². The maximum Gasteiger partial charge on any atom is 0.0754 e. The summed E-state index contributed by atoms with van der Waals surface area (Å²) in [5.74, 6) is 0.